The molecule has 2 radical (unpaired) electrons. The summed E-state index contributed by atoms with van der Waals surface area (Å²) in [6.07, 6.45) is -4.82. The van der Waals surface area contributed by atoms with Gasteiger partial charge in [-0.1, -0.05) is 11.5 Å². The zero-order chi connectivity index (χ0) is 10.8. The lowest BCUT2D eigenvalue weighted by Crippen LogP contribution is -2.19. The van der Waals surface area contributed by atoms with Crippen molar-refractivity contribution in [2.75, 3.05) is 0 Å². The molecule has 1 aromatic carbocycles. The van der Waals surface area contributed by atoms with E-state index in [-0.39, 0.29) is 11.0 Å². The minimum atomic E-state index is -4.82. The van der Waals surface area contributed by atoms with Crippen molar-refractivity contribution < 1.29 is 17.9 Å². The van der Waals surface area contributed by atoms with E-state index in [1.807, 2.05) is 0 Å². The Bertz CT molecular complexity index is 383. The molecule has 2 nitrogen and oxygen atoms in total. The van der Waals surface area contributed by atoms with Crippen molar-refractivity contribution in [3.8, 4) is 11.8 Å². The Morgan fingerprint density at radius 1 is 1.36 bits per heavy atom. The molecule has 0 bridgehead atoms. The molecule has 14 heavy (non-hydrogen) atoms. The third-order valence-electron chi connectivity index (χ3n) is 1.35. The predicted molar refractivity (Wildman–Crippen MR) is 43.2 cm³/mol. The van der Waals surface area contributed by atoms with Crippen molar-refractivity contribution in [1.82, 2.24) is 0 Å². The van der Waals surface area contributed by atoms with E-state index in [0.717, 1.165) is 12.1 Å². The number of ether oxygens (including phenoxy) is 1. The van der Waals surface area contributed by atoms with E-state index in [1.165, 1.54) is 6.07 Å². The highest BCUT2D eigenvalue weighted by Gasteiger charge is 2.32. The van der Waals surface area contributed by atoms with Crippen LogP contribution in [0.2, 0.25) is 0 Å². The van der Waals surface area contributed by atoms with Crippen molar-refractivity contribution >= 4 is 13.3 Å². The fourth-order valence-corrected chi connectivity index (χ4v) is 0.840. The molecule has 0 N–H and O–H groups in total. The molecule has 0 heterocycles. The summed E-state index contributed by atoms with van der Waals surface area (Å²) >= 11 is 0. The number of alkyl halides is 3. The highest BCUT2D eigenvalue weighted by Crippen LogP contribution is 2.24. The van der Waals surface area contributed by atoms with Gasteiger partial charge in [-0.05, 0) is 12.1 Å². The summed E-state index contributed by atoms with van der Waals surface area (Å²) in [5.74, 6) is -0.583. The third kappa shape index (κ3) is 2.70. The number of hydrogen-bond donors (Lipinski definition) is 0. The second kappa shape index (κ2) is 3.62. The molecule has 0 saturated carbocycles. The number of benzene rings is 1. The number of nitrogens with zero attached hydrogens (tertiary/aromatic N) is 1. The standard InChI is InChI=1S/C8H3BF3NO/c9-6-2-1-5(4-13)7(3-6)14-8(10,11)12/h1-3H. The Morgan fingerprint density at radius 2 is 2.00 bits per heavy atom. The van der Waals surface area contributed by atoms with Gasteiger partial charge in [-0.3, -0.25) is 0 Å². The summed E-state index contributed by atoms with van der Waals surface area (Å²) in [4.78, 5) is 0. The number of hydrogen-bond acceptors (Lipinski definition) is 2. The molecule has 0 aliphatic rings. The molecule has 0 aliphatic heterocycles. The molecule has 0 aliphatic carbocycles. The Kier molecular flexibility index (Phi) is 2.70. The van der Waals surface area contributed by atoms with Crippen LogP contribution in [-0.2, 0) is 0 Å². The topological polar surface area (TPSA) is 33.0 Å². The molecular weight excluding hydrogens is 194 g/mol. The quantitative estimate of drug-likeness (QED) is 0.634. The van der Waals surface area contributed by atoms with Crippen molar-refractivity contribution in [2.24, 2.45) is 0 Å². The zero-order valence-corrected chi connectivity index (χ0v) is 6.80. The summed E-state index contributed by atoms with van der Waals surface area (Å²) < 4.78 is 39.1. The van der Waals surface area contributed by atoms with Crippen LogP contribution in [0.1, 0.15) is 5.56 Å². The second-order valence-electron chi connectivity index (χ2n) is 2.42. The van der Waals surface area contributed by atoms with Crippen molar-refractivity contribution in [1.29, 1.82) is 5.26 Å². The SMILES string of the molecule is [B]c1ccc(C#N)c(OC(F)(F)F)c1. The van der Waals surface area contributed by atoms with E-state index in [0.29, 0.717) is 0 Å². The molecule has 1 rings (SSSR count). The molecule has 0 unspecified atom stereocenters. The smallest absolute Gasteiger partial charge is 0.404 e. The van der Waals surface area contributed by atoms with Gasteiger partial charge < -0.3 is 4.74 Å². The van der Waals surface area contributed by atoms with Crippen molar-refractivity contribution in [3.05, 3.63) is 23.8 Å². The normalized spacial score (nSPS) is 10.7. The van der Waals surface area contributed by atoms with E-state index in [9.17, 15) is 13.2 Å². The maximum atomic E-state index is 11.8. The first-order chi connectivity index (χ1) is 6.42. The van der Waals surface area contributed by atoms with Crippen molar-refractivity contribution in [3.63, 3.8) is 0 Å². The number of halogens is 3. The second-order valence-corrected chi connectivity index (χ2v) is 2.42. The first-order valence-corrected chi connectivity index (χ1v) is 3.48. The van der Waals surface area contributed by atoms with Gasteiger partial charge in [0.2, 0.25) is 0 Å². The van der Waals surface area contributed by atoms with Gasteiger partial charge in [0, 0.05) is 0 Å². The van der Waals surface area contributed by atoms with Crippen molar-refractivity contribution in [2.45, 2.75) is 6.36 Å². The minimum Gasteiger partial charge on any atom is -0.404 e. The van der Waals surface area contributed by atoms with E-state index >= 15 is 0 Å². The molecule has 0 aromatic heterocycles. The Labute approximate surface area is 79.3 Å². The lowest BCUT2D eigenvalue weighted by molar-refractivity contribution is -0.274. The summed E-state index contributed by atoms with van der Waals surface area (Å²) in [7, 11) is 5.24. The lowest BCUT2D eigenvalue weighted by atomic mass is 9.95. The van der Waals surface area contributed by atoms with Gasteiger partial charge >= 0.3 is 6.36 Å². The Morgan fingerprint density at radius 3 is 2.50 bits per heavy atom. The Balaban J connectivity index is 3.07. The fraction of sp³-hybridized carbons (Fsp3) is 0.125. The molecule has 0 atom stereocenters. The van der Waals surface area contributed by atoms with Crippen LogP contribution in [0.25, 0.3) is 0 Å². The van der Waals surface area contributed by atoms with Crippen LogP contribution in [0.15, 0.2) is 18.2 Å². The highest BCUT2D eigenvalue weighted by atomic mass is 19.4. The van der Waals surface area contributed by atoms with Crippen LogP contribution in [0.5, 0.6) is 5.75 Å². The summed E-state index contributed by atoms with van der Waals surface area (Å²) in [6, 6.07) is 5.00. The van der Waals surface area contributed by atoms with Gasteiger partial charge in [-0.15, -0.1) is 13.2 Å². The van der Waals surface area contributed by atoms with Gasteiger partial charge in [0.15, 0.2) is 0 Å². The number of nitriles is 1. The maximum Gasteiger partial charge on any atom is 0.573 e. The average molecular weight is 197 g/mol. The van der Waals surface area contributed by atoms with Crippen LogP contribution < -0.4 is 10.2 Å². The third-order valence-corrected chi connectivity index (χ3v) is 1.35. The summed E-state index contributed by atoms with van der Waals surface area (Å²) in [5, 5.41) is 8.47. The monoisotopic (exact) mass is 197 g/mol. The molecule has 0 amide bonds. The van der Waals surface area contributed by atoms with E-state index < -0.39 is 12.1 Å². The molecule has 0 spiro atoms. The molecule has 1 aromatic rings. The van der Waals surface area contributed by atoms with Gasteiger partial charge in [0.1, 0.15) is 19.7 Å². The van der Waals surface area contributed by atoms with E-state index in [1.54, 1.807) is 6.07 Å². The van der Waals surface area contributed by atoms with E-state index in [2.05, 4.69) is 4.74 Å². The maximum absolute atomic E-state index is 11.8. The summed E-state index contributed by atoms with van der Waals surface area (Å²) in [6.45, 7) is 0. The fourth-order valence-electron chi connectivity index (χ4n) is 0.840. The van der Waals surface area contributed by atoms with Crippen LogP contribution in [-0.4, -0.2) is 14.2 Å². The molecule has 0 saturated heterocycles. The predicted octanol–water partition coefficient (Wildman–Crippen LogP) is 1.25. The summed E-state index contributed by atoms with van der Waals surface area (Å²) in [5.41, 5.74) is -0.111. The first kappa shape index (κ1) is 10.4. The molecule has 0 fully saturated rings. The van der Waals surface area contributed by atoms with Gasteiger partial charge in [-0.25, -0.2) is 0 Å². The molecule has 6 heteroatoms. The molecular formula is C8H3BF3NO. The average Bonchev–Trinajstić information content (AvgIpc) is 2.01. The Hall–Kier alpha value is -1.64. The van der Waals surface area contributed by atoms with Gasteiger partial charge in [0.25, 0.3) is 0 Å². The molecule has 70 valence electrons. The highest BCUT2D eigenvalue weighted by molar-refractivity contribution is 6.32. The number of rotatable bonds is 1. The van der Waals surface area contributed by atoms with Crippen LogP contribution >= 0.6 is 0 Å². The minimum absolute atomic E-state index is 0.100. The van der Waals surface area contributed by atoms with Crippen LogP contribution in [0.4, 0.5) is 13.2 Å². The zero-order valence-electron chi connectivity index (χ0n) is 6.80. The van der Waals surface area contributed by atoms with Gasteiger partial charge in [0.05, 0.1) is 5.56 Å². The van der Waals surface area contributed by atoms with Crippen LogP contribution in [0, 0.1) is 11.3 Å². The van der Waals surface area contributed by atoms with Crippen LogP contribution in [0.3, 0.4) is 0 Å². The van der Waals surface area contributed by atoms with E-state index in [4.69, 9.17) is 13.1 Å². The lowest BCUT2D eigenvalue weighted by Gasteiger charge is -2.10. The van der Waals surface area contributed by atoms with Gasteiger partial charge in [-0.2, -0.15) is 5.26 Å². The largest absolute Gasteiger partial charge is 0.573 e. The first-order valence-electron chi connectivity index (χ1n) is 3.48.